The Hall–Kier alpha value is -0.620. The van der Waals surface area contributed by atoms with Crippen LogP contribution in [0.4, 0.5) is 0 Å². The van der Waals surface area contributed by atoms with Crippen molar-refractivity contribution in [1.29, 1.82) is 0 Å². The molecule has 1 heterocycles. The van der Waals surface area contributed by atoms with E-state index in [-0.39, 0.29) is 12.2 Å². The van der Waals surface area contributed by atoms with Gasteiger partial charge in [-0.25, -0.2) is 8.42 Å². The zero-order valence-corrected chi connectivity index (χ0v) is 10.6. The molecule has 1 rings (SSSR count). The van der Waals surface area contributed by atoms with Gasteiger partial charge in [0, 0.05) is 5.92 Å². The van der Waals surface area contributed by atoms with E-state index in [1.165, 1.54) is 7.11 Å². The molecule has 2 atom stereocenters. The first-order chi connectivity index (χ1) is 7.22. The molecule has 0 aromatic carbocycles. The smallest absolute Gasteiger partial charge is 0.308 e. The van der Waals surface area contributed by atoms with Gasteiger partial charge in [-0.15, -0.1) is 0 Å². The monoisotopic (exact) mass is 250 g/mol. The van der Waals surface area contributed by atoms with E-state index >= 15 is 0 Å². The SMILES string of the molecule is COC(=O)C[C@H](O)C1CCS(=O)(=O)C1(C)C. The lowest BCUT2D eigenvalue weighted by Crippen LogP contribution is -2.40. The summed E-state index contributed by atoms with van der Waals surface area (Å²) in [5.74, 6) is -0.854. The van der Waals surface area contributed by atoms with Crippen molar-refractivity contribution < 1.29 is 23.1 Å². The molecule has 0 amide bonds. The van der Waals surface area contributed by atoms with Crippen LogP contribution >= 0.6 is 0 Å². The van der Waals surface area contributed by atoms with Crippen LogP contribution in [0.2, 0.25) is 0 Å². The van der Waals surface area contributed by atoms with Gasteiger partial charge < -0.3 is 9.84 Å². The van der Waals surface area contributed by atoms with Gasteiger partial charge in [-0.3, -0.25) is 4.79 Å². The summed E-state index contributed by atoms with van der Waals surface area (Å²) in [6.45, 7) is 3.20. The summed E-state index contributed by atoms with van der Waals surface area (Å²) in [5, 5.41) is 9.85. The molecule has 5 nitrogen and oxygen atoms in total. The number of aliphatic hydroxyl groups excluding tert-OH is 1. The van der Waals surface area contributed by atoms with Crippen LogP contribution in [-0.2, 0) is 19.4 Å². The predicted octanol–water partition coefficient (Wildman–Crippen LogP) is 0.124. The van der Waals surface area contributed by atoms with Crippen molar-refractivity contribution in [2.24, 2.45) is 5.92 Å². The van der Waals surface area contributed by atoms with E-state index in [0.717, 1.165) is 0 Å². The molecule has 0 aromatic heterocycles. The van der Waals surface area contributed by atoms with Crippen molar-refractivity contribution in [3.63, 3.8) is 0 Å². The highest BCUT2D eigenvalue weighted by Gasteiger charge is 2.50. The molecule has 0 aliphatic carbocycles. The number of esters is 1. The molecule has 16 heavy (non-hydrogen) atoms. The lowest BCUT2D eigenvalue weighted by Gasteiger charge is -2.29. The summed E-state index contributed by atoms with van der Waals surface area (Å²) in [6, 6.07) is 0. The van der Waals surface area contributed by atoms with E-state index in [4.69, 9.17) is 0 Å². The lowest BCUT2D eigenvalue weighted by atomic mass is 9.86. The minimum atomic E-state index is -3.17. The van der Waals surface area contributed by atoms with Crippen LogP contribution < -0.4 is 0 Å². The molecule has 1 fully saturated rings. The van der Waals surface area contributed by atoms with Gasteiger partial charge in [-0.05, 0) is 20.3 Å². The number of carbonyl (C=O) groups is 1. The molecular weight excluding hydrogens is 232 g/mol. The van der Waals surface area contributed by atoms with E-state index < -0.39 is 32.6 Å². The normalized spacial score (nSPS) is 28.6. The van der Waals surface area contributed by atoms with Crippen molar-refractivity contribution in [2.45, 2.75) is 37.5 Å². The predicted molar refractivity (Wildman–Crippen MR) is 58.6 cm³/mol. The second-order valence-electron chi connectivity index (χ2n) is 4.67. The third kappa shape index (κ3) is 2.22. The minimum absolute atomic E-state index is 0.0723. The van der Waals surface area contributed by atoms with Crippen molar-refractivity contribution in [2.75, 3.05) is 12.9 Å². The van der Waals surface area contributed by atoms with Gasteiger partial charge in [0.1, 0.15) is 0 Å². The molecule has 0 aromatic rings. The van der Waals surface area contributed by atoms with Gasteiger partial charge in [0.2, 0.25) is 0 Å². The quantitative estimate of drug-likeness (QED) is 0.720. The number of hydrogen-bond donors (Lipinski definition) is 1. The second kappa shape index (κ2) is 4.33. The van der Waals surface area contributed by atoms with E-state index in [2.05, 4.69) is 4.74 Å². The molecule has 1 aliphatic heterocycles. The number of rotatable bonds is 3. The zero-order chi connectivity index (χ0) is 12.6. The number of hydrogen-bond acceptors (Lipinski definition) is 5. The molecular formula is C10H18O5S. The third-order valence-corrected chi connectivity index (χ3v) is 6.14. The number of carbonyl (C=O) groups excluding carboxylic acids is 1. The van der Waals surface area contributed by atoms with Gasteiger partial charge >= 0.3 is 5.97 Å². The first-order valence-electron chi connectivity index (χ1n) is 5.19. The summed E-state index contributed by atoms with van der Waals surface area (Å²) in [4.78, 5) is 11.0. The third-order valence-electron chi connectivity index (χ3n) is 3.46. The van der Waals surface area contributed by atoms with Crippen LogP contribution in [0.3, 0.4) is 0 Å². The topological polar surface area (TPSA) is 80.7 Å². The Balaban J connectivity index is 2.80. The van der Waals surface area contributed by atoms with Crippen LogP contribution in [0.25, 0.3) is 0 Å². The summed E-state index contributed by atoms with van der Waals surface area (Å²) in [7, 11) is -1.93. The van der Waals surface area contributed by atoms with Crippen molar-refractivity contribution in [3.05, 3.63) is 0 Å². The highest BCUT2D eigenvalue weighted by atomic mass is 32.2. The van der Waals surface area contributed by atoms with Gasteiger partial charge in [0.15, 0.2) is 9.84 Å². The van der Waals surface area contributed by atoms with E-state index in [9.17, 15) is 18.3 Å². The summed E-state index contributed by atoms with van der Waals surface area (Å²) >= 11 is 0. The summed E-state index contributed by atoms with van der Waals surface area (Å²) in [5.41, 5.74) is 0. The molecule has 0 spiro atoms. The number of methoxy groups -OCH3 is 1. The number of sulfone groups is 1. The standard InChI is InChI=1S/C10H18O5S/c1-10(2)7(4-5-16(10,13)14)8(11)6-9(12)15-3/h7-8,11H,4-6H2,1-3H3/t7?,8-/m0/s1. The Morgan fingerprint density at radius 1 is 1.56 bits per heavy atom. The maximum Gasteiger partial charge on any atom is 0.308 e. The molecule has 6 heteroatoms. The van der Waals surface area contributed by atoms with Crippen LogP contribution in [0.15, 0.2) is 0 Å². The first kappa shape index (κ1) is 13.4. The molecule has 1 aliphatic rings. The van der Waals surface area contributed by atoms with Crippen LogP contribution in [0.1, 0.15) is 26.7 Å². The number of ether oxygens (including phenoxy) is 1. The summed E-state index contributed by atoms with van der Waals surface area (Å²) < 4.78 is 26.9. The fourth-order valence-electron chi connectivity index (χ4n) is 2.18. The first-order valence-corrected chi connectivity index (χ1v) is 6.85. The van der Waals surface area contributed by atoms with Crippen molar-refractivity contribution >= 4 is 15.8 Å². The Kier molecular flexibility index (Phi) is 3.64. The van der Waals surface area contributed by atoms with Crippen LogP contribution in [-0.4, -0.2) is 43.2 Å². The van der Waals surface area contributed by atoms with Gasteiger partial charge in [0.25, 0.3) is 0 Å². The maximum absolute atomic E-state index is 11.7. The van der Waals surface area contributed by atoms with Gasteiger partial charge in [0.05, 0.1) is 30.1 Å². The average Bonchev–Trinajstić information content (AvgIpc) is 2.36. The molecule has 0 radical (unpaired) electrons. The van der Waals surface area contributed by atoms with Gasteiger partial charge in [-0.2, -0.15) is 0 Å². The largest absolute Gasteiger partial charge is 0.469 e. The molecule has 94 valence electrons. The minimum Gasteiger partial charge on any atom is -0.469 e. The van der Waals surface area contributed by atoms with Crippen LogP contribution in [0.5, 0.6) is 0 Å². The Labute approximate surface area is 95.7 Å². The van der Waals surface area contributed by atoms with Crippen molar-refractivity contribution in [3.8, 4) is 0 Å². The van der Waals surface area contributed by atoms with Crippen molar-refractivity contribution in [1.82, 2.24) is 0 Å². The Morgan fingerprint density at radius 3 is 2.50 bits per heavy atom. The molecule has 1 unspecified atom stereocenters. The Morgan fingerprint density at radius 2 is 2.12 bits per heavy atom. The molecule has 1 saturated heterocycles. The highest BCUT2D eigenvalue weighted by molar-refractivity contribution is 7.93. The fourth-order valence-corrected chi connectivity index (χ4v) is 4.00. The molecule has 1 N–H and O–H groups in total. The fraction of sp³-hybridized carbons (Fsp3) is 0.900. The number of aliphatic hydroxyl groups is 1. The van der Waals surface area contributed by atoms with E-state index in [0.29, 0.717) is 6.42 Å². The highest BCUT2D eigenvalue weighted by Crippen LogP contribution is 2.39. The lowest BCUT2D eigenvalue weighted by molar-refractivity contribution is -0.143. The van der Waals surface area contributed by atoms with Crippen LogP contribution in [0, 0.1) is 5.92 Å². The van der Waals surface area contributed by atoms with E-state index in [1.807, 2.05) is 0 Å². The summed E-state index contributed by atoms with van der Waals surface area (Å²) in [6.07, 6.45) is -0.715. The van der Waals surface area contributed by atoms with E-state index in [1.54, 1.807) is 13.8 Å². The Bertz CT molecular complexity index is 371. The van der Waals surface area contributed by atoms with Gasteiger partial charge in [-0.1, -0.05) is 0 Å². The average molecular weight is 250 g/mol. The molecule has 0 saturated carbocycles. The second-order valence-corrected chi connectivity index (χ2v) is 7.36. The molecule has 0 bridgehead atoms. The zero-order valence-electron chi connectivity index (χ0n) is 9.76. The maximum atomic E-state index is 11.7.